The Hall–Kier alpha value is -3.15. The molecule has 4 aromatic rings. The largest absolute Gasteiger partial charge is 0.388 e. The minimum absolute atomic E-state index is 0.832. The van der Waals surface area contributed by atoms with Crippen molar-refractivity contribution in [2.75, 3.05) is 7.05 Å². The topological polar surface area (TPSA) is 70.9 Å². The van der Waals surface area contributed by atoms with Crippen LogP contribution in [0, 0.1) is 0 Å². The average Bonchev–Trinajstić information content (AvgIpc) is 3.17. The lowest BCUT2D eigenvalue weighted by Crippen LogP contribution is -2.02. The second-order valence-corrected chi connectivity index (χ2v) is 5.02. The third-order valence-corrected chi connectivity index (χ3v) is 3.82. The maximum atomic E-state index is 4.36. The third kappa shape index (κ3) is 1.77. The second-order valence-electron chi connectivity index (χ2n) is 5.02. The number of aromatic amines is 1. The molecule has 0 saturated heterocycles. The molecule has 0 amide bonds. The number of nitrogens with zero attached hydrogens (tertiary/aromatic N) is 4. The van der Waals surface area contributed by atoms with Crippen molar-refractivity contribution in [3.05, 3.63) is 55.4 Å². The molecule has 2 N–H and O–H groups in total. The molecule has 0 fully saturated rings. The van der Waals surface area contributed by atoms with Crippen molar-refractivity contribution in [2.45, 2.75) is 0 Å². The number of fused-ring (bicyclic) bond motifs is 2. The van der Waals surface area contributed by atoms with E-state index in [-0.39, 0.29) is 0 Å². The molecule has 0 radical (unpaired) electrons. The lowest BCUT2D eigenvalue weighted by atomic mass is 10.1. The molecule has 0 bridgehead atoms. The van der Waals surface area contributed by atoms with E-state index in [0.29, 0.717) is 0 Å². The van der Waals surface area contributed by atoms with Crippen LogP contribution in [0.1, 0.15) is 5.56 Å². The van der Waals surface area contributed by atoms with Crippen molar-refractivity contribution in [1.82, 2.24) is 29.9 Å². The molecular formula is C16H14N6. The Morgan fingerprint density at radius 1 is 1.36 bits per heavy atom. The summed E-state index contributed by atoms with van der Waals surface area (Å²) < 4.78 is 1.84. The van der Waals surface area contributed by atoms with Crippen LogP contribution in [-0.4, -0.2) is 31.6 Å². The van der Waals surface area contributed by atoms with Gasteiger partial charge in [0.15, 0.2) is 0 Å². The maximum absolute atomic E-state index is 4.36. The zero-order chi connectivity index (χ0) is 15.1. The summed E-state index contributed by atoms with van der Waals surface area (Å²) in [4.78, 5) is 11.5. The first-order chi connectivity index (χ1) is 10.8. The van der Waals surface area contributed by atoms with E-state index in [1.807, 2.05) is 42.4 Å². The molecule has 4 rings (SSSR count). The number of hydrogen-bond donors (Lipinski definition) is 2. The van der Waals surface area contributed by atoms with E-state index >= 15 is 0 Å². The van der Waals surface area contributed by atoms with Crippen molar-refractivity contribution in [1.29, 1.82) is 0 Å². The summed E-state index contributed by atoms with van der Waals surface area (Å²) in [6.45, 7) is 4.02. The van der Waals surface area contributed by atoms with Crippen LogP contribution in [0.15, 0.2) is 49.8 Å². The van der Waals surface area contributed by atoms with E-state index in [0.717, 1.165) is 38.9 Å². The van der Waals surface area contributed by atoms with Gasteiger partial charge in [0.25, 0.3) is 0 Å². The Morgan fingerprint density at radius 3 is 3.14 bits per heavy atom. The fraction of sp³-hybridized carbons (Fsp3) is 0.0625. The zero-order valence-corrected chi connectivity index (χ0v) is 12.0. The molecule has 0 aliphatic heterocycles. The number of H-pyrrole nitrogens is 1. The van der Waals surface area contributed by atoms with Gasteiger partial charge in [-0.1, -0.05) is 6.58 Å². The van der Waals surface area contributed by atoms with E-state index in [1.165, 1.54) is 6.33 Å². The van der Waals surface area contributed by atoms with Gasteiger partial charge in [0.05, 0.1) is 11.7 Å². The van der Waals surface area contributed by atoms with Gasteiger partial charge in [0, 0.05) is 47.8 Å². The normalized spacial score (nSPS) is 11.1. The quantitative estimate of drug-likeness (QED) is 0.608. The Kier molecular flexibility index (Phi) is 2.69. The molecule has 4 heterocycles. The van der Waals surface area contributed by atoms with E-state index in [9.17, 15) is 0 Å². The SMILES string of the molecule is C=C(NC)c1cnn2ccc(-c3c[nH]c4ncncc34)cc12. The van der Waals surface area contributed by atoms with Gasteiger partial charge in [-0.2, -0.15) is 5.10 Å². The predicted octanol–water partition coefficient (Wildman–Crippen LogP) is 2.46. The first kappa shape index (κ1) is 12.6. The lowest BCUT2D eigenvalue weighted by molar-refractivity contribution is 0.962. The van der Waals surface area contributed by atoms with Crippen LogP contribution in [0.5, 0.6) is 0 Å². The first-order valence-corrected chi connectivity index (χ1v) is 6.90. The number of pyridine rings is 1. The lowest BCUT2D eigenvalue weighted by Gasteiger charge is -2.04. The van der Waals surface area contributed by atoms with Crippen LogP contribution < -0.4 is 5.32 Å². The molecule has 4 aromatic heterocycles. The van der Waals surface area contributed by atoms with Crippen molar-refractivity contribution < 1.29 is 0 Å². The Morgan fingerprint density at radius 2 is 2.27 bits per heavy atom. The van der Waals surface area contributed by atoms with Crippen LogP contribution in [0.25, 0.3) is 33.4 Å². The molecule has 108 valence electrons. The molecule has 6 nitrogen and oxygen atoms in total. The average molecular weight is 290 g/mol. The number of aromatic nitrogens is 5. The summed E-state index contributed by atoms with van der Waals surface area (Å²) in [5.41, 5.74) is 5.82. The maximum Gasteiger partial charge on any atom is 0.141 e. The molecule has 0 spiro atoms. The Labute approximate surface area is 126 Å². The molecule has 22 heavy (non-hydrogen) atoms. The zero-order valence-electron chi connectivity index (χ0n) is 12.0. The molecule has 0 saturated carbocycles. The fourth-order valence-electron chi connectivity index (χ4n) is 2.61. The van der Waals surface area contributed by atoms with Gasteiger partial charge in [-0.15, -0.1) is 0 Å². The molecule has 0 aliphatic carbocycles. The number of rotatable bonds is 3. The van der Waals surface area contributed by atoms with Crippen LogP contribution in [0.4, 0.5) is 0 Å². The summed E-state index contributed by atoms with van der Waals surface area (Å²) >= 11 is 0. The Balaban J connectivity index is 1.94. The molecular weight excluding hydrogens is 276 g/mol. The van der Waals surface area contributed by atoms with E-state index in [4.69, 9.17) is 0 Å². The van der Waals surface area contributed by atoms with Crippen molar-refractivity contribution in [3.63, 3.8) is 0 Å². The standard InChI is InChI=1S/C16H14N6/c1-10(17-2)12-8-21-22-4-3-11(5-15(12)22)13-7-19-16-14(13)6-18-9-20-16/h3-9,17H,1H2,2H3,(H,18,19,20). The summed E-state index contributed by atoms with van der Waals surface area (Å²) in [7, 11) is 1.85. The number of hydrogen-bond acceptors (Lipinski definition) is 4. The molecule has 0 aliphatic rings. The van der Waals surface area contributed by atoms with Crippen molar-refractivity contribution in [2.24, 2.45) is 0 Å². The smallest absolute Gasteiger partial charge is 0.141 e. The highest BCUT2D eigenvalue weighted by atomic mass is 15.2. The summed E-state index contributed by atoms with van der Waals surface area (Å²) in [6, 6.07) is 4.13. The number of nitrogens with one attached hydrogen (secondary N) is 2. The summed E-state index contributed by atoms with van der Waals surface area (Å²) in [6.07, 6.45) is 9.07. The first-order valence-electron chi connectivity index (χ1n) is 6.90. The minimum Gasteiger partial charge on any atom is -0.388 e. The third-order valence-electron chi connectivity index (χ3n) is 3.82. The highest BCUT2D eigenvalue weighted by Gasteiger charge is 2.11. The highest BCUT2D eigenvalue weighted by Crippen LogP contribution is 2.29. The fourth-order valence-corrected chi connectivity index (χ4v) is 2.61. The molecule has 0 aromatic carbocycles. The predicted molar refractivity (Wildman–Crippen MR) is 86.2 cm³/mol. The molecule has 6 heteroatoms. The van der Waals surface area contributed by atoms with Gasteiger partial charge >= 0.3 is 0 Å². The van der Waals surface area contributed by atoms with Crippen LogP contribution in [-0.2, 0) is 0 Å². The van der Waals surface area contributed by atoms with E-state index < -0.39 is 0 Å². The van der Waals surface area contributed by atoms with Crippen molar-refractivity contribution >= 4 is 22.2 Å². The van der Waals surface area contributed by atoms with Gasteiger partial charge in [0.1, 0.15) is 12.0 Å². The van der Waals surface area contributed by atoms with Gasteiger partial charge in [-0.05, 0) is 17.7 Å². The van der Waals surface area contributed by atoms with E-state index in [2.05, 4.69) is 38.0 Å². The summed E-state index contributed by atoms with van der Waals surface area (Å²) in [5.74, 6) is 0. The van der Waals surface area contributed by atoms with Crippen molar-refractivity contribution in [3.8, 4) is 11.1 Å². The van der Waals surface area contributed by atoms with Crippen LogP contribution in [0.2, 0.25) is 0 Å². The molecule has 0 atom stereocenters. The van der Waals surface area contributed by atoms with Crippen LogP contribution in [0.3, 0.4) is 0 Å². The van der Waals surface area contributed by atoms with Gasteiger partial charge in [0.2, 0.25) is 0 Å². The van der Waals surface area contributed by atoms with E-state index in [1.54, 1.807) is 0 Å². The van der Waals surface area contributed by atoms with Gasteiger partial charge in [-0.3, -0.25) is 0 Å². The monoisotopic (exact) mass is 290 g/mol. The Bertz CT molecular complexity index is 994. The van der Waals surface area contributed by atoms with Gasteiger partial charge < -0.3 is 10.3 Å². The van der Waals surface area contributed by atoms with Crippen LogP contribution >= 0.6 is 0 Å². The van der Waals surface area contributed by atoms with Gasteiger partial charge in [-0.25, -0.2) is 14.5 Å². The minimum atomic E-state index is 0.832. The summed E-state index contributed by atoms with van der Waals surface area (Å²) in [5, 5.41) is 8.43. The second kappa shape index (κ2) is 4.70. The highest BCUT2D eigenvalue weighted by molar-refractivity contribution is 5.94. The molecule has 0 unspecified atom stereocenters.